The standard InChI is InChI=1S/C21H26N6O3/c1-3-16-11-18(28)24-21(22-16)27-17(10-13(2)25-27)23-19(29)20(30)26-9-8-14-6-4-5-7-15(14)12-26/h4-7,10,16,21-22H,3,8-9,11-12H2,1-2H3,(H,23,29)(H,24,28). The van der Waals surface area contributed by atoms with Gasteiger partial charge >= 0.3 is 11.8 Å². The highest BCUT2D eigenvalue weighted by Gasteiger charge is 2.30. The van der Waals surface area contributed by atoms with Crippen LogP contribution in [0.25, 0.3) is 0 Å². The lowest BCUT2D eigenvalue weighted by Gasteiger charge is -2.32. The molecular weight excluding hydrogens is 384 g/mol. The third kappa shape index (κ3) is 4.06. The Labute approximate surface area is 174 Å². The predicted octanol–water partition coefficient (Wildman–Crippen LogP) is 1.06. The van der Waals surface area contributed by atoms with Gasteiger partial charge in [0.1, 0.15) is 5.82 Å². The molecule has 0 bridgehead atoms. The van der Waals surface area contributed by atoms with Gasteiger partial charge in [-0.2, -0.15) is 5.10 Å². The van der Waals surface area contributed by atoms with Crippen LogP contribution in [-0.4, -0.2) is 45.0 Å². The zero-order valence-electron chi connectivity index (χ0n) is 17.1. The summed E-state index contributed by atoms with van der Waals surface area (Å²) in [6.07, 6.45) is 1.32. The van der Waals surface area contributed by atoms with E-state index in [1.165, 1.54) is 10.2 Å². The molecule has 1 fully saturated rings. The minimum absolute atomic E-state index is 0.0202. The Morgan fingerprint density at radius 3 is 2.80 bits per heavy atom. The molecule has 1 aromatic carbocycles. The van der Waals surface area contributed by atoms with Crippen molar-refractivity contribution >= 4 is 23.5 Å². The fourth-order valence-electron chi connectivity index (χ4n) is 3.94. The molecule has 158 valence electrons. The summed E-state index contributed by atoms with van der Waals surface area (Å²) in [4.78, 5) is 39.0. The van der Waals surface area contributed by atoms with Gasteiger partial charge in [-0.25, -0.2) is 4.68 Å². The van der Waals surface area contributed by atoms with Crippen LogP contribution in [0.4, 0.5) is 5.82 Å². The molecule has 3 amide bonds. The summed E-state index contributed by atoms with van der Waals surface area (Å²) in [7, 11) is 0. The van der Waals surface area contributed by atoms with Crippen LogP contribution in [0.5, 0.6) is 0 Å². The molecule has 0 saturated carbocycles. The van der Waals surface area contributed by atoms with Crippen molar-refractivity contribution in [3.8, 4) is 0 Å². The summed E-state index contributed by atoms with van der Waals surface area (Å²) < 4.78 is 1.51. The molecule has 2 atom stereocenters. The van der Waals surface area contributed by atoms with Crippen molar-refractivity contribution in [3.05, 3.63) is 47.2 Å². The number of carbonyl (C=O) groups is 3. The molecular formula is C21H26N6O3. The summed E-state index contributed by atoms with van der Waals surface area (Å²) in [5.41, 5.74) is 2.94. The first-order valence-corrected chi connectivity index (χ1v) is 10.2. The Balaban J connectivity index is 1.47. The number of rotatable bonds is 3. The first-order valence-electron chi connectivity index (χ1n) is 10.2. The fourth-order valence-corrected chi connectivity index (χ4v) is 3.94. The van der Waals surface area contributed by atoms with Crippen molar-refractivity contribution in [1.82, 2.24) is 25.3 Å². The monoisotopic (exact) mass is 410 g/mol. The highest BCUT2D eigenvalue weighted by Crippen LogP contribution is 2.20. The molecule has 30 heavy (non-hydrogen) atoms. The zero-order chi connectivity index (χ0) is 21.3. The van der Waals surface area contributed by atoms with Gasteiger partial charge in [-0.05, 0) is 30.9 Å². The molecule has 2 unspecified atom stereocenters. The van der Waals surface area contributed by atoms with Crippen LogP contribution in [0.1, 0.15) is 42.9 Å². The Bertz CT molecular complexity index is 985. The number of hydrogen-bond acceptors (Lipinski definition) is 5. The largest absolute Gasteiger partial charge is 0.330 e. The lowest BCUT2D eigenvalue weighted by Crippen LogP contribution is -2.53. The van der Waals surface area contributed by atoms with E-state index in [0.717, 1.165) is 18.4 Å². The Morgan fingerprint density at radius 2 is 2.03 bits per heavy atom. The van der Waals surface area contributed by atoms with Crippen LogP contribution in [0.3, 0.4) is 0 Å². The van der Waals surface area contributed by atoms with Crippen molar-refractivity contribution in [3.63, 3.8) is 0 Å². The summed E-state index contributed by atoms with van der Waals surface area (Å²) in [5.74, 6) is -1.02. The van der Waals surface area contributed by atoms with E-state index in [4.69, 9.17) is 0 Å². The number of hydrogen-bond donors (Lipinski definition) is 3. The van der Waals surface area contributed by atoms with Crippen molar-refractivity contribution in [2.75, 3.05) is 11.9 Å². The van der Waals surface area contributed by atoms with Gasteiger partial charge in [0, 0.05) is 31.6 Å². The maximum Gasteiger partial charge on any atom is 0.315 e. The summed E-state index contributed by atoms with van der Waals surface area (Å²) in [5, 5.41) is 13.2. The van der Waals surface area contributed by atoms with Gasteiger partial charge in [-0.3, -0.25) is 19.7 Å². The fraction of sp³-hybridized carbons (Fsp3) is 0.429. The molecule has 9 nitrogen and oxygen atoms in total. The Kier molecular flexibility index (Phi) is 5.54. The number of carbonyl (C=O) groups excluding carboxylic acids is 3. The second-order valence-electron chi connectivity index (χ2n) is 7.76. The molecule has 0 spiro atoms. The van der Waals surface area contributed by atoms with Crippen molar-refractivity contribution in [2.45, 2.75) is 52.0 Å². The van der Waals surface area contributed by atoms with E-state index in [2.05, 4.69) is 21.0 Å². The average molecular weight is 410 g/mol. The molecule has 4 rings (SSSR count). The van der Waals surface area contributed by atoms with Crippen LogP contribution in [-0.2, 0) is 27.3 Å². The quantitative estimate of drug-likeness (QED) is 0.656. The zero-order valence-corrected chi connectivity index (χ0v) is 17.1. The van der Waals surface area contributed by atoms with E-state index in [1.54, 1.807) is 17.9 Å². The van der Waals surface area contributed by atoms with E-state index in [9.17, 15) is 14.4 Å². The number of benzene rings is 1. The number of aryl methyl sites for hydroxylation is 1. The van der Waals surface area contributed by atoms with E-state index in [1.807, 2.05) is 31.2 Å². The summed E-state index contributed by atoms with van der Waals surface area (Å²) in [6.45, 7) is 4.70. The number of amides is 3. The second-order valence-corrected chi connectivity index (χ2v) is 7.76. The molecule has 0 aliphatic carbocycles. The van der Waals surface area contributed by atoms with Crippen molar-refractivity contribution in [2.24, 2.45) is 0 Å². The van der Waals surface area contributed by atoms with Crippen molar-refractivity contribution < 1.29 is 14.4 Å². The van der Waals surface area contributed by atoms with Gasteiger partial charge in [-0.15, -0.1) is 0 Å². The van der Waals surface area contributed by atoms with E-state index in [-0.39, 0.29) is 11.9 Å². The predicted molar refractivity (Wildman–Crippen MR) is 110 cm³/mol. The van der Waals surface area contributed by atoms with Crippen LogP contribution in [0.15, 0.2) is 30.3 Å². The third-order valence-electron chi connectivity index (χ3n) is 5.57. The Hall–Kier alpha value is -3.20. The van der Waals surface area contributed by atoms with Crippen LogP contribution < -0.4 is 16.0 Å². The van der Waals surface area contributed by atoms with Crippen molar-refractivity contribution in [1.29, 1.82) is 0 Å². The first-order chi connectivity index (χ1) is 14.4. The van der Waals surface area contributed by atoms with E-state index < -0.39 is 18.1 Å². The summed E-state index contributed by atoms with van der Waals surface area (Å²) >= 11 is 0. The molecule has 2 aliphatic heterocycles. The number of aromatic nitrogens is 2. The maximum atomic E-state index is 12.8. The van der Waals surface area contributed by atoms with Gasteiger partial charge in [0.2, 0.25) is 5.91 Å². The third-order valence-corrected chi connectivity index (χ3v) is 5.57. The minimum Gasteiger partial charge on any atom is -0.330 e. The average Bonchev–Trinajstić information content (AvgIpc) is 3.12. The van der Waals surface area contributed by atoms with E-state index in [0.29, 0.717) is 31.0 Å². The van der Waals surface area contributed by atoms with Gasteiger partial charge < -0.3 is 15.5 Å². The highest BCUT2D eigenvalue weighted by atomic mass is 16.2. The van der Waals surface area contributed by atoms with Crippen LogP contribution in [0.2, 0.25) is 0 Å². The molecule has 2 aliphatic rings. The SMILES string of the molecule is CCC1CC(=O)NC(n2nc(C)cc2NC(=O)C(=O)N2CCc3ccccc3C2)N1. The molecule has 9 heteroatoms. The molecule has 1 saturated heterocycles. The highest BCUT2D eigenvalue weighted by molar-refractivity contribution is 6.39. The van der Waals surface area contributed by atoms with Crippen LogP contribution in [0, 0.1) is 6.92 Å². The molecule has 3 heterocycles. The number of anilines is 1. The van der Waals surface area contributed by atoms with Gasteiger partial charge in [0.25, 0.3) is 0 Å². The Morgan fingerprint density at radius 1 is 1.27 bits per heavy atom. The first kappa shape index (κ1) is 20.1. The summed E-state index contributed by atoms with van der Waals surface area (Å²) in [6, 6.07) is 9.64. The molecule has 0 radical (unpaired) electrons. The lowest BCUT2D eigenvalue weighted by molar-refractivity contribution is -0.143. The number of nitrogens with zero attached hydrogens (tertiary/aromatic N) is 3. The second kappa shape index (κ2) is 8.27. The normalized spacial score (nSPS) is 21.0. The molecule has 2 aromatic rings. The smallest absolute Gasteiger partial charge is 0.315 e. The van der Waals surface area contributed by atoms with E-state index >= 15 is 0 Å². The lowest BCUT2D eigenvalue weighted by atomic mass is 10.00. The topological polar surface area (TPSA) is 108 Å². The van der Waals surface area contributed by atoms with Crippen LogP contribution >= 0.6 is 0 Å². The maximum absolute atomic E-state index is 12.8. The minimum atomic E-state index is -0.718. The van der Waals surface area contributed by atoms with Gasteiger partial charge in [-0.1, -0.05) is 31.2 Å². The molecule has 3 N–H and O–H groups in total. The molecule has 1 aromatic heterocycles. The van der Waals surface area contributed by atoms with Gasteiger partial charge in [0.05, 0.1) is 5.69 Å². The number of fused-ring (bicyclic) bond motifs is 1. The van der Waals surface area contributed by atoms with Gasteiger partial charge in [0.15, 0.2) is 6.29 Å². The number of nitrogens with one attached hydrogen (secondary N) is 3.